The van der Waals surface area contributed by atoms with Gasteiger partial charge in [-0.2, -0.15) is 0 Å². The Morgan fingerprint density at radius 2 is 2.07 bits per heavy atom. The molecule has 0 aliphatic carbocycles. The first-order valence-electron chi connectivity index (χ1n) is 10.1. The third-order valence-corrected chi connectivity index (χ3v) is 6.49. The number of halogens is 1. The summed E-state index contributed by atoms with van der Waals surface area (Å²) < 4.78 is 22.0. The first-order chi connectivity index (χ1) is 14.1. The minimum absolute atomic E-state index is 0.240. The predicted octanol–water partition coefficient (Wildman–Crippen LogP) is 5.14. The summed E-state index contributed by atoms with van der Waals surface area (Å²) in [5.41, 5.74) is 5.46. The van der Waals surface area contributed by atoms with Crippen LogP contribution in [0.3, 0.4) is 0 Å². The highest BCUT2D eigenvalue weighted by atomic mass is 32.2. The van der Waals surface area contributed by atoms with Crippen LogP contribution < -0.4 is 14.9 Å². The van der Waals surface area contributed by atoms with Crippen molar-refractivity contribution < 1.29 is 8.81 Å². The number of benzene rings is 2. The highest BCUT2D eigenvalue weighted by molar-refractivity contribution is 7.99. The van der Waals surface area contributed by atoms with E-state index in [2.05, 4.69) is 40.4 Å². The third-order valence-electron chi connectivity index (χ3n) is 5.75. The molecule has 3 aromatic rings. The van der Waals surface area contributed by atoms with E-state index in [0.717, 1.165) is 40.9 Å². The van der Waals surface area contributed by atoms with Crippen LogP contribution in [0, 0.1) is 5.82 Å². The van der Waals surface area contributed by atoms with Crippen molar-refractivity contribution in [3.8, 4) is 11.3 Å². The van der Waals surface area contributed by atoms with Crippen LogP contribution in [0.4, 0.5) is 10.1 Å². The second-order valence-corrected chi connectivity index (χ2v) is 8.49. The molecule has 0 saturated carbocycles. The summed E-state index contributed by atoms with van der Waals surface area (Å²) in [5.74, 6) is 1.06. The predicted molar refractivity (Wildman–Crippen MR) is 121 cm³/mol. The molecule has 0 spiro atoms. The maximum atomic E-state index is 13.4. The van der Waals surface area contributed by atoms with Crippen molar-refractivity contribution in [3.05, 3.63) is 53.3 Å². The lowest BCUT2D eigenvalue weighted by Crippen LogP contribution is -2.29. The summed E-state index contributed by atoms with van der Waals surface area (Å²) in [5, 5.41) is 7.95. The van der Waals surface area contributed by atoms with Crippen molar-refractivity contribution in [2.45, 2.75) is 25.3 Å². The molecule has 2 N–H and O–H groups in total. The average Bonchev–Trinajstić information content (AvgIpc) is 3.11. The quantitative estimate of drug-likeness (QED) is 0.548. The Balaban J connectivity index is 1.90. The van der Waals surface area contributed by atoms with E-state index in [1.165, 1.54) is 36.2 Å². The Morgan fingerprint density at radius 3 is 2.72 bits per heavy atom. The number of rotatable bonds is 6. The molecule has 4 nitrogen and oxygen atoms in total. The summed E-state index contributed by atoms with van der Waals surface area (Å²) in [6.45, 7) is 2.79. The van der Waals surface area contributed by atoms with Gasteiger partial charge in [0.15, 0.2) is 0 Å². The summed E-state index contributed by atoms with van der Waals surface area (Å²) in [6, 6.07) is 11.0. The SMILES string of the molecule is CNCc1c(-c2ccc(F)cc2)oc2cc(N(C)SC)c([C@@H]3CCCNC3)cc12. The number of furan rings is 1. The summed E-state index contributed by atoms with van der Waals surface area (Å²) in [6.07, 6.45) is 4.48. The molecule has 6 heteroatoms. The van der Waals surface area contributed by atoms with E-state index in [4.69, 9.17) is 4.42 Å². The Hall–Kier alpha value is -2.02. The first kappa shape index (κ1) is 20.3. The molecule has 1 fully saturated rings. The zero-order chi connectivity index (χ0) is 20.4. The molecular formula is C23H28FN3OS. The van der Waals surface area contributed by atoms with Crippen molar-refractivity contribution in [1.29, 1.82) is 0 Å². The van der Waals surface area contributed by atoms with E-state index in [-0.39, 0.29) is 5.82 Å². The molecule has 0 unspecified atom stereocenters. The Kier molecular flexibility index (Phi) is 6.13. The molecule has 0 bridgehead atoms. The van der Waals surface area contributed by atoms with Gasteiger partial charge in [0, 0.05) is 49.0 Å². The van der Waals surface area contributed by atoms with Gasteiger partial charge in [0.05, 0.1) is 5.69 Å². The minimum atomic E-state index is -0.240. The second kappa shape index (κ2) is 8.78. The van der Waals surface area contributed by atoms with Crippen LogP contribution in [0.2, 0.25) is 0 Å². The average molecular weight is 414 g/mol. The van der Waals surface area contributed by atoms with Gasteiger partial charge in [0.25, 0.3) is 0 Å². The van der Waals surface area contributed by atoms with E-state index in [1.807, 2.05) is 7.05 Å². The molecule has 1 aromatic heterocycles. The van der Waals surface area contributed by atoms with Gasteiger partial charge in [0.2, 0.25) is 0 Å². The summed E-state index contributed by atoms with van der Waals surface area (Å²) in [4.78, 5) is 0. The molecule has 1 aliphatic rings. The van der Waals surface area contributed by atoms with Gasteiger partial charge >= 0.3 is 0 Å². The number of nitrogens with zero attached hydrogens (tertiary/aromatic N) is 1. The van der Waals surface area contributed by atoms with Crippen LogP contribution in [0.5, 0.6) is 0 Å². The van der Waals surface area contributed by atoms with Crippen LogP contribution in [0.1, 0.15) is 29.9 Å². The fourth-order valence-electron chi connectivity index (χ4n) is 4.20. The number of anilines is 1. The topological polar surface area (TPSA) is 40.4 Å². The highest BCUT2D eigenvalue weighted by Gasteiger charge is 2.24. The van der Waals surface area contributed by atoms with Gasteiger partial charge in [-0.25, -0.2) is 4.39 Å². The van der Waals surface area contributed by atoms with Gasteiger partial charge in [0.1, 0.15) is 17.2 Å². The zero-order valence-corrected chi connectivity index (χ0v) is 18.0. The van der Waals surface area contributed by atoms with Crippen molar-refractivity contribution in [1.82, 2.24) is 10.6 Å². The minimum Gasteiger partial charge on any atom is -0.456 e. The monoisotopic (exact) mass is 413 g/mol. The zero-order valence-electron chi connectivity index (χ0n) is 17.2. The van der Waals surface area contributed by atoms with Crippen LogP contribution in [-0.2, 0) is 6.54 Å². The van der Waals surface area contributed by atoms with Gasteiger partial charge < -0.3 is 19.4 Å². The number of hydrogen-bond acceptors (Lipinski definition) is 5. The van der Waals surface area contributed by atoms with Crippen molar-refractivity contribution in [3.63, 3.8) is 0 Å². The third kappa shape index (κ3) is 4.02. The number of nitrogens with one attached hydrogen (secondary N) is 2. The van der Waals surface area contributed by atoms with Gasteiger partial charge in [-0.3, -0.25) is 0 Å². The van der Waals surface area contributed by atoms with Gasteiger partial charge in [-0.15, -0.1) is 0 Å². The number of piperidine rings is 1. The standard InChI is InChI=1S/C23H28FN3OS/c1-25-14-20-19-11-18(16-5-4-10-26-13-16)21(27(2)29-3)12-22(19)28-23(20)15-6-8-17(24)9-7-15/h6-9,11-12,16,25-26H,4-5,10,13-14H2,1-3H3/t16-/m1/s1. The van der Waals surface area contributed by atoms with Crippen LogP contribution in [0.15, 0.2) is 40.8 Å². The summed E-state index contributed by atoms with van der Waals surface area (Å²) in [7, 11) is 4.04. The first-order valence-corrected chi connectivity index (χ1v) is 11.3. The molecule has 2 heterocycles. The van der Waals surface area contributed by atoms with Gasteiger partial charge in [-0.1, -0.05) is 11.9 Å². The molecule has 2 aromatic carbocycles. The highest BCUT2D eigenvalue weighted by Crippen LogP contribution is 2.41. The number of fused-ring (bicyclic) bond motifs is 1. The Bertz CT molecular complexity index is 980. The van der Waals surface area contributed by atoms with Crippen molar-refractivity contribution in [2.75, 3.05) is 37.7 Å². The molecule has 29 heavy (non-hydrogen) atoms. The Morgan fingerprint density at radius 1 is 1.28 bits per heavy atom. The number of hydrogen-bond donors (Lipinski definition) is 2. The van der Waals surface area contributed by atoms with Crippen molar-refractivity contribution >= 4 is 28.6 Å². The lowest BCUT2D eigenvalue weighted by atomic mass is 9.89. The lowest BCUT2D eigenvalue weighted by Gasteiger charge is -2.28. The second-order valence-electron chi connectivity index (χ2n) is 7.58. The fourth-order valence-corrected chi connectivity index (χ4v) is 4.56. The maximum absolute atomic E-state index is 13.4. The smallest absolute Gasteiger partial charge is 0.139 e. The normalized spacial score (nSPS) is 17.0. The van der Waals surface area contributed by atoms with E-state index < -0.39 is 0 Å². The maximum Gasteiger partial charge on any atom is 0.139 e. The molecule has 1 atom stereocenters. The molecule has 4 rings (SSSR count). The van der Waals surface area contributed by atoms with Gasteiger partial charge in [-0.05, 0) is 68.2 Å². The van der Waals surface area contributed by atoms with E-state index in [1.54, 1.807) is 24.1 Å². The lowest BCUT2D eigenvalue weighted by molar-refractivity contribution is 0.462. The fraction of sp³-hybridized carbons (Fsp3) is 0.391. The molecular weight excluding hydrogens is 385 g/mol. The molecule has 1 aliphatic heterocycles. The Labute approximate surface area is 176 Å². The van der Waals surface area contributed by atoms with Crippen LogP contribution >= 0.6 is 11.9 Å². The summed E-state index contributed by atoms with van der Waals surface area (Å²) >= 11 is 1.70. The molecule has 1 saturated heterocycles. The molecule has 154 valence electrons. The largest absolute Gasteiger partial charge is 0.456 e. The molecule has 0 radical (unpaired) electrons. The molecule has 0 amide bonds. The van der Waals surface area contributed by atoms with Crippen LogP contribution in [-0.4, -0.2) is 33.4 Å². The van der Waals surface area contributed by atoms with E-state index in [0.29, 0.717) is 12.5 Å². The van der Waals surface area contributed by atoms with Crippen molar-refractivity contribution in [2.24, 2.45) is 0 Å². The van der Waals surface area contributed by atoms with E-state index in [9.17, 15) is 4.39 Å². The van der Waals surface area contributed by atoms with Crippen LogP contribution in [0.25, 0.3) is 22.3 Å². The van der Waals surface area contributed by atoms with E-state index >= 15 is 0 Å².